The number of rotatable bonds is 5. The first-order valence-corrected chi connectivity index (χ1v) is 4.12. The van der Waals surface area contributed by atoms with Crippen molar-refractivity contribution in [3.05, 3.63) is 12.7 Å². The molecule has 2 nitrogen and oxygen atoms in total. The fourth-order valence-corrected chi connectivity index (χ4v) is 1.15. The maximum absolute atomic E-state index is 10.7. The van der Waals surface area contributed by atoms with Gasteiger partial charge in [-0.2, -0.15) is 0 Å². The molecule has 2 heteroatoms. The topological polar surface area (TPSA) is 26.3 Å². The lowest BCUT2D eigenvalue weighted by atomic mass is 9.99. The third-order valence-electron chi connectivity index (χ3n) is 1.97. The third kappa shape index (κ3) is 2.37. The summed E-state index contributed by atoms with van der Waals surface area (Å²) in [5.41, 5.74) is 0. The van der Waals surface area contributed by atoms with Crippen LogP contribution in [0.5, 0.6) is 0 Å². The number of allylic oxidation sites excluding steroid dienone is 1. The second-order valence-electron chi connectivity index (χ2n) is 2.90. The molecule has 1 rings (SSSR count). The number of carbonyl (C=O) groups is 1. The Bertz CT molecular complexity index is 152. The van der Waals surface area contributed by atoms with Crippen LogP contribution >= 0.6 is 0 Å². The van der Waals surface area contributed by atoms with E-state index >= 15 is 0 Å². The van der Waals surface area contributed by atoms with Crippen LogP contribution in [0.3, 0.4) is 0 Å². The second kappa shape index (κ2) is 4.16. The summed E-state index contributed by atoms with van der Waals surface area (Å²) in [6.07, 6.45) is 6.23. The molecular formula is C9H14O2. The Morgan fingerprint density at radius 1 is 1.64 bits per heavy atom. The molecule has 1 atom stereocenters. The summed E-state index contributed by atoms with van der Waals surface area (Å²) in [7, 11) is 0. The van der Waals surface area contributed by atoms with Crippen molar-refractivity contribution in [2.45, 2.75) is 25.7 Å². The van der Waals surface area contributed by atoms with Gasteiger partial charge in [0, 0.05) is 0 Å². The third-order valence-corrected chi connectivity index (χ3v) is 1.97. The molecule has 0 saturated carbocycles. The molecule has 0 N–H and O–H groups in total. The molecule has 0 radical (unpaired) electrons. The summed E-state index contributed by atoms with van der Waals surface area (Å²) >= 11 is 0. The minimum Gasteiger partial charge on any atom is -0.464 e. The minimum absolute atomic E-state index is 0.0106. The molecule has 11 heavy (non-hydrogen) atoms. The van der Waals surface area contributed by atoms with Crippen LogP contribution in [0.4, 0.5) is 0 Å². The lowest BCUT2D eigenvalue weighted by Gasteiger charge is -2.23. The lowest BCUT2D eigenvalue weighted by Crippen LogP contribution is -2.34. The zero-order chi connectivity index (χ0) is 8.10. The second-order valence-corrected chi connectivity index (χ2v) is 2.90. The van der Waals surface area contributed by atoms with Crippen molar-refractivity contribution in [2.24, 2.45) is 5.92 Å². The average Bonchev–Trinajstić information content (AvgIpc) is 2.02. The molecular weight excluding hydrogens is 140 g/mol. The van der Waals surface area contributed by atoms with E-state index in [0.29, 0.717) is 6.61 Å². The van der Waals surface area contributed by atoms with E-state index in [1.54, 1.807) is 0 Å². The van der Waals surface area contributed by atoms with Crippen LogP contribution in [0.2, 0.25) is 0 Å². The van der Waals surface area contributed by atoms with E-state index in [-0.39, 0.29) is 11.9 Å². The molecule has 0 aromatic heterocycles. The van der Waals surface area contributed by atoms with E-state index in [4.69, 9.17) is 0 Å². The number of esters is 1. The lowest BCUT2D eigenvalue weighted by molar-refractivity contribution is -0.169. The van der Waals surface area contributed by atoms with Crippen LogP contribution in [0.25, 0.3) is 0 Å². The largest absolute Gasteiger partial charge is 0.464 e. The molecule has 62 valence electrons. The Morgan fingerprint density at radius 2 is 2.45 bits per heavy atom. The average molecular weight is 154 g/mol. The number of unbranched alkanes of at least 4 members (excludes halogenated alkanes) is 2. The molecule has 1 unspecified atom stereocenters. The molecule has 1 saturated heterocycles. The highest BCUT2D eigenvalue weighted by Crippen LogP contribution is 2.19. The summed E-state index contributed by atoms with van der Waals surface area (Å²) in [6.45, 7) is 4.28. The molecule has 0 bridgehead atoms. The maximum atomic E-state index is 10.7. The van der Waals surface area contributed by atoms with Crippen molar-refractivity contribution in [3.8, 4) is 0 Å². The van der Waals surface area contributed by atoms with Crippen LogP contribution in [0.1, 0.15) is 25.7 Å². The van der Waals surface area contributed by atoms with E-state index in [0.717, 1.165) is 25.7 Å². The van der Waals surface area contributed by atoms with Crippen molar-refractivity contribution < 1.29 is 9.53 Å². The summed E-state index contributed by atoms with van der Waals surface area (Å²) in [6, 6.07) is 0. The monoisotopic (exact) mass is 154 g/mol. The van der Waals surface area contributed by atoms with Gasteiger partial charge < -0.3 is 4.74 Å². The molecule has 0 aliphatic carbocycles. The van der Waals surface area contributed by atoms with Gasteiger partial charge >= 0.3 is 5.97 Å². The highest BCUT2D eigenvalue weighted by molar-refractivity contribution is 5.77. The molecule has 1 fully saturated rings. The first kappa shape index (κ1) is 8.31. The van der Waals surface area contributed by atoms with Gasteiger partial charge in [-0.05, 0) is 19.3 Å². The van der Waals surface area contributed by atoms with Crippen LogP contribution < -0.4 is 0 Å². The van der Waals surface area contributed by atoms with Gasteiger partial charge in [0.05, 0.1) is 5.92 Å². The molecule has 0 aromatic carbocycles. The standard InChI is InChI=1S/C9H14O2/c1-2-3-4-5-6-8-7-11-9(8)10/h2,8H,1,3-7H2. The van der Waals surface area contributed by atoms with Gasteiger partial charge in [-0.15, -0.1) is 6.58 Å². The fraction of sp³-hybridized carbons (Fsp3) is 0.667. The predicted octanol–water partition coefficient (Wildman–Crippen LogP) is 1.91. The highest BCUT2D eigenvalue weighted by atomic mass is 16.6. The van der Waals surface area contributed by atoms with Crippen molar-refractivity contribution in [2.75, 3.05) is 6.61 Å². The van der Waals surface area contributed by atoms with Gasteiger partial charge in [0.2, 0.25) is 0 Å². The fourth-order valence-electron chi connectivity index (χ4n) is 1.15. The van der Waals surface area contributed by atoms with Crippen molar-refractivity contribution >= 4 is 5.97 Å². The van der Waals surface area contributed by atoms with Crippen LogP contribution in [0.15, 0.2) is 12.7 Å². The Hall–Kier alpha value is -0.790. The van der Waals surface area contributed by atoms with Crippen LogP contribution in [-0.4, -0.2) is 12.6 Å². The smallest absolute Gasteiger partial charge is 0.312 e. The van der Waals surface area contributed by atoms with E-state index in [1.807, 2.05) is 6.08 Å². The van der Waals surface area contributed by atoms with Crippen LogP contribution in [-0.2, 0) is 9.53 Å². The molecule has 0 aromatic rings. The Morgan fingerprint density at radius 3 is 2.91 bits per heavy atom. The summed E-state index contributed by atoms with van der Waals surface area (Å²) < 4.78 is 4.64. The number of hydrogen-bond donors (Lipinski definition) is 0. The van der Waals surface area contributed by atoms with E-state index in [1.165, 1.54) is 0 Å². The van der Waals surface area contributed by atoms with Gasteiger partial charge in [0.25, 0.3) is 0 Å². The Kier molecular flexibility index (Phi) is 3.14. The van der Waals surface area contributed by atoms with E-state index in [2.05, 4.69) is 11.3 Å². The van der Waals surface area contributed by atoms with E-state index < -0.39 is 0 Å². The Labute approximate surface area is 67.2 Å². The van der Waals surface area contributed by atoms with Gasteiger partial charge in [-0.25, -0.2) is 0 Å². The number of ether oxygens (including phenoxy) is 1. The van der Waals surface area contributed by atoms with Crippen molar-refractivity contribution in [1.82, 2.24) is 0 Å². The first-order valence-electron chi connectivity index (χ1n) is 4.12. The predicted molar refractivity (Wildman–Crippen MR) is 43.1 cm³/mol. The summed E-state index contributed by atoms with van der Waals surface area (Å²) in [5.74, 6) is 0.198. The molecule has 0 amide bonds. The number of carbonyl (C=O) groups excluding carboxylic acids is 1. The van der Waals surface area contributed by atoms with Gasteiger partial charge in [-0.3, -0.25) is 4.79 Å². The van der Waals surface area contributed by atoms with Gasteiger partial charge in [-0.1, -0.05) is 12.5 Å². The van der Waals surface area contributed by atoms with Crippen molar-refractivity contribution in [1.29, 1.82) is 0 Å². The number of hydrogen-bond acceptors (Lipinski definition) is 2. The number of cyclic esters (lactones) is 1. The molecule has 0 spiro atoms. The highest BCUT2D eigenvalue weighted by Gasteiger charge is 2.29. The zero-order valence-corrected chi connectivity index (χ0v) is 6.71. The SMILES string of the molecule is C=CCCCCC1COC1=O. The molecule has 1 heterocycles. The molecule has 1 aliphatic heterocycles. The first-order chi connectivity index (χ1) is 5.34. The van der Waals surface area contributed by atoms with Gasteiger partial charge in [0.15, 0.2) is 0 Å². The zero-order valence-electron chi connectivity index (χ0n) is 6.71. The summed E-state index contributed by atoms with van der Waals surface area (Å²) in [5, 5.41) is 0. The Balaban J connectivity index is 1.94. The van der Waals surface area contributed by atoms with Crippen molar-refractivity contribution in [3.63, 3.8) is 0 Å². The summed E-state index contributed by atoms with van der Waals surface area (Å²) in [4.78, 5) is 10.7. The molecule has 1 aliphatic rings. The van der Waals surface area contributed by atoms with Gasteiger partial charge in [0.1, 0.15) is 6.61 Å². The minimum atomic E-state index is -0.0106. The maximum Gasteiger partial charge on any atom is 0.312 e. The van der Waals surface area contributed by atoms with E-state index in [9.17, 15) is 4.79 Å². The van der Waals surface area contributed by atoms with Crippen LogP contribution in [0, 0.1) is 5.92 Å². The normalized spacial score (nSPS) is 22.2. The quantitative estimate of drug-likeness (QED) is 0.343.